The summed E-state index contributed by atoms with van der Waals surface area (Å²) in [5.74, 6) is -0.934. The summed E-state index contributed by atoms with van der Waals surface area (Å²) in [5, 5.41) is 0. The molecule has 0 radical (unpaired) electrons. The molecule has 0 rings (SSSR count). The summed E-state index contributed by atoms with van der Waals surface area (Å²) < 4.78 is 16.8. The molecule has 0 aromatic rings. The lowest BCUT2D eigenvalue weighted by Gasteiger charge is -2.18. The normalized spacial score (nSPS) is 12.6. The molecule has 0 aliphatic carbocycles. The Kier molecular flexibility index (Phi) is 48.9. The second-order valence-corrected chi connectivity index (χ2v) is 17.4. The Labute approximate surface area is 389 Å². The van der Waals surface area contributed by atoms with E-state index in [0.717, 1.165) is 109 Å². The van der Waals surface area contributed by atoms with Gasteiger partial charge in [-0.05, 0) is 89.9 Å². The molecule has 0 bridgehead atoms. The van der Waals surface area contributed by atoms with Crippen molar-refractivity contribution in [3.63, 3.8) is 0 Å². The smallest absolute Gasteiger partial charge is 0.306 e. The summed E-state index contributed by atoms with van der Waals surface area (Å²) in [7, 11) is 0. The van der Waals surface area contributed by atoms with Gasteiger partial charge in [0.15, 0.2) is 6.10 Å². The number of hydrogen-bond acceptors (Lipinski definition) is 6. The third-order valence-corrected chi connectivity index (χ3v) is 11.2. The van der Waals surface area contributed by atoms with Crippen LogP contribution in [0.25, 0.3) is 0 Å². The van der Waals surface area contributed by atoms with E-state index in [4.69, 9.17) is 14.2 Å². The van der Waals surface area contributed by atoms with Crippen LogP contribution in [0.1, 0.15) is 252 Å². The molecule has 0 aliphatic heterocycles. The molecule has 6 nitrogen and oxygen atoms in total. The average molecular weight is 879 g/mol. The molecule has 0 aliphatic rings. The predicted molar refractivity (Wildman–Crippen MR) is 270 cm³/mol. The van der Waals surface area contributed by atoms with Gasteiger partial charge in [0.05, 0.1) is 0 Å². The number of unbranched alkanes of at least 4 members (excludes halogenated alkanes) is 24. The van der Waals surface area contributed by atoms with Crippen LogP contribution in [-0.4, -0.2) is 37.2 Å². The fraction of sp³-hybridized carbons (Fsp3) is 0.737. The molecule has 0 spiro atoms. The van der Waals surface area contributed by atoms with Crippen LogP contribution in [0.4, 0.5) is 0 Å². The van der Waals surface area contributed by atoms with Crippen molar-refractivity contribution in [1.82, 2.24) is 0 Å². The van der Waals surface area contributed by atoms with E-state index in [1.807, 2.05) is 0 Å². The van der Waals surface area contributed by atoms with Gasteiger partial charge in [-0.2, -0.15) is 0 Å². The number of allylic oxidation sites excluding steroid dienone is 12. The first-order valence-corrected chi connectivity index (χ1v) is 26.4. The molecule has 0 fully saturated rings. The molecular formula is C57H98O6. The second kappa shape index (κ2) is 51.5. The van der Waals surface area contributed by atoms with Gasteiger partial charge in [0, 0.05) is 19.3 Å². The van der Waals surface area contributed by atoms with Crippen LogP contribution in [0.2, 0.25) is 0 Å². The van der Waals surface area contributed by atoms with E-state index in [1.165, 1.54) is 103 Å². The van der Waals surface area contributed by atoms with Crippen molar-refractivity contribution in [2.24, 2.45) is 0 Å². The first kappa shape index (κ1) is 59.9. The number of rotatable bonds is 47. The molecular weight excluding hydrogens is 781 g/mol. The highest BCUT2D eigenvalue weighted by Crippen LogP contribution is 2.14. The molecule has 0 heterocycles. The van der Waals surface area contributed by atoms with Crippen molar-refractivity contribution in [2.45, 2.75) is 258 Å². The largest absolute Gasteiger partial charge is 0.462 e. The third kappa shape index (κ3) is 49.7. The van der Waals surface area contributed by atoms with Crippen molar-refractivity contribution < 1.29 is 28.6 Å². The van der Waals surface area contributed by atoms with Crippen LogP contribution in [-0.2, 0) is 28.6 Å². The molecule has 0 aromatic carbocycles. The Morgan fingerprint density at radius 1 is 0.317 bits per heavy atom. The first-order valence-electron chi connectivity index (χ1n) is 26.4. The van der Waals surface area contributed by atoms with Gasteiger partial charge in [0.1, 0.15) is 13.2 Å². The van der Waals surface area contributed by atoms with Crippen LogP contribution in [0.15, 0.2) is 72.9 Å². The average Bonchev–Trinajstić information content (AvgIpc) is 3.28. The molecule has 0 unspecified atom stereocenters. The molecule has 0 saturated carbocycles. The second-order valence-electron chi connectivity index (χ2n) is 17.4. The molecule has 362 valence electrons. The van der Waals surface area contributed by atoms with Crippen molar-refractivity contribution in [2.75, 3.05) is 13.2 Å². The van der Waals surface area contributed by atoms with Gasteiger partial charge >= 0.3 is 17.9 Å². The highest BCUT2D eigenvalue weighted by molar-refractivity contribution is 5.71. The fourth-order valence-corrected chi connectivity index (χ4v) is 7.15. The van der Waals surface area contributed by atoms with Crippen LogP contribution >= 0.6 is 0 Å². The molecule has 63 heavy (non-hydrogen) atoms. The molecule has 0 N–H and O–H groups in total. The maximum atomic E-state index is 12.8. The van der Waals surface area contributed by atoms with Crippen LogP contribution in [0, 0.1) is 0 Å². The Balaban J connectivity index is 4.44. The SMILES string of the molecule is CCCC/C=C\C/C=C\CCCCCCCC(=O)O[C@@H](COC(=O)CCCCC/C=C\C/C=C\C/C=C\C/C=C\CCCCC)COC(=O)CCCCCCCCCCCCCC. The highest BCUT2D eigenvalue weighted by atomic mass is 16.6. The van der Waals surface area contributed by atoms with E-state index in [-0.39, 0.29) is 31.1 Å². The summed E-state index contributed by atoms with van der Waals surface area (Å²) >= 11 is 0. The quantitative estimate of drug-likeness (QED) is 0.0262. The van der Waals surface area contributed by atoms with Gasteiger partial charge in [-0.15, -0.1) is 0 Å². The number of esters is 3. The van der Waals surface area contributed by atoms with Crippen LogP contribution in [0.3, 0.4) is 0 Å². The minimum absolute atomic E-state index is 0.0900. The molecule has 0 aromatic heterocycles. The van der Waals surface area contributed by atoms with Crippen molar-refractivity contribution in [1.29, 1.82) is 0 Å². The summed E-state index contributed by atoms with van der Waals surface area (Å²) in [6.07, 6.45) is 64.5. The van der Waals surface area contributed by atoms with E-state index in [9.17, 15) is 14.4 Å². The monoisotopic (exact) mass is 879 g/mol. The maximum Gasteiger partial charge on any atom is 0.306 e. The summed E-state index contributed by atoms with van der Waals surface area (Å²) in [5.41, 5.74) is 0. The van der Waals surface area contributed by atoms with E-state index < -0.39 is 6.10 Å². The minimum atomic E-state index is -0.793. The van der Waals surface area contributed by atoms with Gasteiger partial charge in [-0.25, -0.2) is 0 Å². The summed E-state index contributed by atoms with van der Waals surface area (Å²) in [6.45, 7) is 6.53. The standard InChI is InChI=1S/C57H98O6/c1-4-7-10-13-16-19-22-25-27-28-29-30-31-33-35-38-41-44-47-50-56(59)62-53-54(52-61-55(58)49-46-43-40-37-34-24-21-18-15-12-9-6-3)63-57(60)51-48-45-42-39-36-32-26-23-20-17-14-11-8-5-2/h14,16-17,19,23,25-27,29-30,33,35,54H,4-13,15,18,20-22,24,28,31-32,34,36-53H2,1-3H3/b17-14-,19-16-,26-23-,27-25-,30-29-,35-33-/t54-/m1/s1. The van der Waals surface area contributed by atoms with Crippen molar-refractivity contribution in [3.8, 4) is 0 Å². The third-order valence-electron chi connectivity index (χ3n) is 11.2. The van der Waals surface area contributed by atoms with Crippen molar-refractivity contribution in [3.05, 3.63) is 72.9 Å². The Bertz CT molecular complexity index is 1190. The zero-order valence-corrected chi connectivity index (χ0v) is 41.3. The summed E-state index contributed by atoms with van der Waals surface area (Å²) in [6, 6.07) is 0. The number of carbonyl (C=O) groups is 3. The molecule has 6 heteroatoms. The highest BCUT2D eigenvalue weighted by Gasteiger charge is 2.19. The minimum Gasteiger partial charge on any atom is -0.462 e. The Morgan fingerprint density at radius 3 is 0.984 bits per heavy atom. The van der Waals surface area contributed by atoms with E-state index in [1.54, 1.807) is 0 Å². The van der Waals surface area contributed by atoms with Crippen LogP contribution in [0.5, 0.6) is 0 Å². The van der Waals surface area contributed by atoms with E-state index in [0.29, 0.717) is 19.3 Å². The number of carbonyl (C=O) groups excluding carboxylic acids is 3. The van der Waals surface area contributed by atoms with Gasteiger partial charge in [0.2, 0.25) is 0 Å². The first-order chi connectivity index (χ1) is 31.0. The zero-order valence-electron chi connectivity index (χ0n) is 41.3. The lowest BCUT2D eigenvalue weighted by molar-refractivity contribution is -0.167. The predicted octanol–water partition coefficient (Wildman–Crippen LogP) is 17.4. The van der Waals surface area contributed by atoms with Gasteiger partial charge < -0.3 is 14.2 Å². The van der Waals surface area contributed by atoms with Gasteiger partial charge in [-0.1, -0.05) is 216 Å². The molecule has 0 saturated heterocycles. The number of ether oxygens (including phenoxy) is 3. The summed E-state index contributed by atoms with van der Waals surface area (Å²) in [4.78, 5) is 38.0. The Morgan fingerprint density at radius 2 is 0.587 bits per heavy atom. The zero-order chi connectivity index (χ0) is 45.8. The van der Waals surface area contributed by atoms with Gasteiger partial charge in [-0.3, -0.25) is 14.4 Å². The Hall–Kier alpha value is -3.15. The van der Waals surface area contributed by atoms with Crippen LogP contribution < -0.4 is 0 Å². The molecule has 1 atom stereocenters. The fourth-order valence-electron chi connectivity index (χ4n) is 7.15. The van der Waals surface area contributed by atoms with E-state index in [2.05, 4.69) is 93.7 Å². The van der Waals surface area contributed by atoms with Gasteiger partial charge in [0.25, 0.3) is 0 Å². The van der Waals surface area contributed by atoms with Crippen molar-refractivity contribution >= 4 is 17.9 Å². The van der Waals surface area contributed by atoms with E-state index >= 15 is 0 Å². The maximum absolute atomic E-state index is 12.8. The molecule has 0 amide bonds. The topological polar surface area (TPSA) is 78.9 Å². The number of hydrogen-bond donors (Lipinski definition) is 0. The lowest BCUT2D eigenvalue weighted by Crippen LogP contribution is -2.30. The lowest BCUT2D eigenvalue weighted by atomic mass is 10.0.